The first-order valence-corrected chi connectivity index (χ1v) is 7.04. The van der Waals surface area contributed by atoms with Gasteiger partial charge in [0.15, 0.2) is 6.54 Å². The van der Waals surface area contributed by atoms with Gasteiger partial charge in [-0.3, -0.25) is 9.69 Å². The fourth-order valence-electron chi connectivity index (χ4n) is 3.04. The largest absolute Gasteiger partial charge is 0.348 e. The Kier molecular flexibility index (Phi) is 4.05. The summed E-state index contributed by atoms with van der Waals surface area (Å²) in [6, 6.07) is 0.367. The summed E-state index contributed by atoms with van der Waals surface area (Å²) in [5.74, 6) is 0.258. The smallest absolute Gasteiger partial charge is 0.275 e. The third kappa shape index (κ3) is 2.99. The van der Waals surface area contributed by atoms with E-state index in [1.54, 1.807) is 0 Å². The number of piperazine rings is 3. The standard InChI is InChI=1S/C13H25N3O/c1-3-12(4-2)14-13(17)11-16-8-5-15(6-9-16)7-10-16/h12H,3-11H2,1-2H3/p+1. The molecule has 3 aliphatic rings. The number of amides is 1. The summed E-state index contributed by atoms with van der Waals surface area (Å²) in [6.45, 7) is 12.0. The van der Waals surface area contributed by atoms with Crippen molar-refractivity contribution in [3.63, 3.8) is 0 Å². The Morgan fingerprint density at radius 2 is 1.71 bits per heavy atom. The second-order valence-corrected chi connectivity index (χ2v) is 5.59. The van der Waals surface area contributed by atoms with Crippen LogP contribution < -0.4 is 5.32 Å². The number of rotatable bonds is 5. The van der Waals surface area contributed by atoms with E-state index >= 15 is 0 Å². The van der Waals surface area contributed by atoms with Crippen molar-refractivity contribution in [2.24, 2.45) is 0 Å². The van der Waals surface area contributed by atoms with Crippen molar-refractivity contribution in [2.75, 3.05) is 45.8 Å². The molecule has 0 unspecified atom stereocenters. The predicted octanol–water partition coefficient (Wildman–Crippen LogP) is 0.437. The minimum Gasteiger partial charge on any atom is -0.348 e. The van der Waals surface area contributed by atoms with Crippen LogP contribution in [0.25, 0.3) is 0 Å². The molecule has 98 valence electrons. The average Bonchev–Trinajstić information content (AvgIpc) is 2.37. The molecule has 4 heteroatoms. The predicted molar refractivity (Wildman–Crippen MR) is 68.7 cm³/mol. The Hall–Kier alpha value is -0.610. The van der Waals surface area contributed by atoms with E-state index in [9.17, 15) is 4.79 Å². The van der Waals surface area contributed by atoms with Gasteiger partial charge < -0.3 is 9.80 Å². The molecule has 4 nitrogen and oxygen atoms in total. The van der Waals surface area contributed by atoms with Crippen molar-refractivity contribution in [1.82, 2.24) is 10.2 Å². The molecule has 17 heavy (non-hydrogen) atoms. The van der Waals surface area contributed by atoms with E-state index in [4.69, 9.17) is 0 Å². The molecular weight excluding hydrogens is 214 g/mol. The van der Waals surface area contributed by atoms with Gasteiger partial charge in [-0.2, -0.15) is 0 Å². The summed E-state index contributed by atoms with van der Waals surface area (Å²) in [4.78, 5) is 14.6. The van der Waals surface area contributed by atoms with Gasteiger partial charge in [0.25, 0.3) is 5.91 Å². The number of fused-ring (bicyclic) bond motifs is 3. The lowest BCUT2D eigenvalue weighted by Gasteiger charge is -2.50. The number of nitrogens with zero attached hydrogens (tertiary/aromatic N) is 2. The first-order valence-electron chi connectivity index (χ1n) is 7.04. The van der Waals surface area contributed by atoms with Crippen molar-refractivity contribution in [3.8, 4) is 0 Å². The summed E-state index contributed by atoms with van der Waals surface area (Å²) in [5.41, 5.74) is 0. The van der Waals surface area contributed by atoms with E-state index in [1.165, 1.54) is 19.6 Å². The van der Waals surface area contributed by atoms with Gasteiger partial charge >= 0.3 is 0 Å². The van der Waals surface area contributed by atoms with Crippen LogP contribution in [-0.2, 0) is 4.79 Å². The summed E-state index contributed by atoms with van der Waals surface area (Å²) in [7, 11) is 0. The maximum atomic E-state index is 12.1. The Balaban J connectivity index is 1.85. The molecule has 3 heterocycles. The Labute approximate surface area is 105 Å². The minimum absolute atomic E-state index is 0.258. The van der Waals surface area contributed by atoms with Crippen molar-refractivity contribution in [1.29, 1.82) is 0 Å². The van der Waals surface area contributed by atoms with Gasteiger partial charge in [-0.15, -0.1) is 0 Å². The number of nitrogens with one attached hydrogen (secondary N) is 1. The Morgan fingerprint density at radius 3 is 2.18 bits per heavy atom. The van der Waals surface area contributed by atoms with Gasteiger partial charge in [0.2, 0.25) is 0 Å². The Morgan fingerprint density at radius 1 is 1.18 bits per heavy atom. The molecule has 3 aliphatic heterocycles. The number of quaternary nitrogens is 1. The summed E-state index contributed by atoms with van der Waals surface area (Å²) >= 11 is 0. The minimum atomic E-state index is 0.258. The van der Waals surface area contributed by atoms with Crippen LogP contribution in [-0.4, -0.2) is 67.1 Å². The normalized spacial score (nSPS) is 31.8. The van der Waals surface area contributed by atoms with Gasteiger partial charge in [-0.1, -0.05) is 13.8 Å². The quantitative estimate of drug-likeness (QED) is 0.707. The molecule has 0 aliphatic carbocycles. The monoisotopic (exact) mass is 240 g/mol. The highest BCUT2D eigenvalue weighted by Crippen LogP contribution is 2.18. The van der Waals surface area contributed by atoms with Gasteiger partial charge in [0.1, 0.15) is 0 Å². The first-order chi connectivity index (χ1) is 8.17. The van der Waals surface area contributed by atoms with E-state index in [1.807, 2.05) is 0 Å². The van der Waals surface area contributed by atoms with Crippen LogP contribution in [0.3, 0.4) is 0 Å². The van der Waals surface area contributed by atoms with Crippen molar-refractivity contribution in [3.05, 3.63) is 0 Å². The van der Waals surface area contributed by atoms with Crippen LogP contribution in [0.2, 0.25) is 0 Å². The second-order valence-electron chi connectivity index (χ2n) is 5.59. The fraction of sp³-hybridized carbons (Fsp3) is 0.923. The molecule has 3 fully saturated rings. The molecule has 1 N–H and O–H groups in total. The van der Waals surface area contributed by atoms with Gasteiger partial charge in [-0.25, -0.2) is 0 Å². The van der Waals surface area contributed by atoms with Crippen molar-refractivity contribution < 1.29 is 9.28 Å². The van der Waals surface area contributed by atoms with E-state index < -0.39 is 0 Å². The van der Waals surface area contributed by atoms with E-state index in [2.05, 4.69) is 24.1 Å². The van der Waals surface area contributed by atoms with Gasteiger partial charge in [0.05, 0.1) is 19.6 Å². The maximum absolute atomic E-state index is 12.1. The third-order valence-corrected chi connectivity index (χ3v) is 4.50. The second kappa shape index (κ2) is 5.36. The third-order valence-electron chi connectivity index (χ3n) is 4.50. The van der Waals surface area contributed by atoms with Gasteiger partial charge in [-0.05, 0) is 12.8 Å². The highest BCUT2D eigenvalue weighted by molar-refractivity contribution is 5.77. The lowest BCUT2D eigenvalue weighted by molar-refractivity contribution is -0.933. The highest BCUT2D eigenvalue weighted by atomic mass is 16.2. The van der Waals surface area contributed by atoms with Crippen LogP contribution >= 0.6 is 0 Å². The molecule has 0 atom stereocenters. The van der Waals surface area contributed by atoms with Crippen LogP contribution in [0.4, 0.5) is 0 Å². The zero-order chi connectivity index (χ0) is 12.3. The molecule has 3 rings (SSSR count). The first kappa shape index (κ1) is 12.8. The molecule has 3 saturated heterocycles. The molecule has 0 radical (unpaired) electrons. The molecule has 1 amide bonds. The van der Waals surface area contributed by atoms with Crippen LogP contribution in [0.15, 0.2) is 0 Å². The maximum Gasteiger partial charge on any atom is 0.275 e. The fourth-order valence-corrected chi connectivity index (χ4v) is 3.04. The SMILES string of the molecule is CCC(CC)NC(=O)C[N+]12CCN(CC1)CC2. The topological polar surface area (TPSA) is 32.3 Å². The van der Waals surface area contributed by atoms with Crippen molar-refractivity contribution >= 4 is 5.91 Å². The molecular formula is C13H26N3O+. The van der Waals surface area contributed by atoms with Crippen molar-refractivity contribution in [2.45, 2.75) is 32.7 Å². The number of carbonyl (C=O) groups excluding carboxylic acids is 1. The van der Waals surface area contributed by atoms with Crippen LogP contribution in [0, 0.1) is 0 Å². The summed E-state index contributed by atoms with van der Waals surface area (Å²) < 4.78 is 1.03. The highest BCUT2D eigenvalue weighted by Gasteiger charge is 2.39. The zero-order valence-corrected chi connectivity index (χ0v) is 11.2. The zero-order valence-electron chi connectivity index (χ0n) is 11.2. The van der Waals surface area contributed by atoms with E-state index in [-0.39, 0.29) is 5.91 Å². The van der Waals surface area contributed by atoms with Gasteiger partial charge in [0, 0.05) is 25.7 Å². The number of hydrogen-bond donors (Lipinski definition) is 1. The molecule has 0 spiro atoms. The molecule has 0 aromatic carbocycles. The van der Waals surface area contributed by atoms with Crippen LogP contribution in [0.1, 0.15) is 26.7 Å². The number of carbonyl (C=O) groups is 1. The van der Waals surface area contributed by atoms with E-state index in [0.717, 1.165) is 37.0 Å². The number of hydrogen-bond acceptors (Lipinski definition) is 2. The molecule has 0 aromatic heterocycles. The summed E-state index contributed by atoms with van der Waals surface area (Å²) in [6.07, 6.45) is 2.08. The molecule has 0 saturated carbocycles. The lowest BCUT2D eigenvalue weighted by Crippen LogP contribution is -2.69. The average molecular weight is 240 g/mol. The van der Waals surface area contributed by atoms with Crippen LogP contribution in [0.5, 0.6) is 0 Å². The molecule has 2 bridgehead atoms. The summed E-state index contributed by atoms with van der Waals surface area (Å²) in [5, 5.41) is 3.17. The Bertz CT molecular complexity index is 254. The molecule has 0 aromatic rings. The van der Waals surface area contributed by atoms with E-state index in [0.29, 0.717) is 12.6 Å². The lowest BCUT2D eigenvalue weighted by atomic mass is 10.1.